The molecule has 5 heterocycles. The lowest BCUT2D eigenvalue weighted by Gasteiger charge is -2.37. The van der Waals surface area contributed by atoms with Crippen LogP contribution in [-0.4, -0.2) is 118 Å². The number of aromatic hydroxyl groups is 1. The third kappa shape index (κ3) is 9.55. The van der Waals surface area contributed by atoms with E-state index < -0.39 is 47.2 Å². The van der Waals surface area contributed by atoms with Crippen LogP contribution in [0.4, 0.5) is 0 Å². The van der Waals surface area contributed by atoms with E-state index in [2.05, 4.69) is 52.9 Å². The van der Waals surface area contributed by atoms with Crippen LogP contribution < -0.4 is 10.7 Å². The van der Waals surface area contributed by atoms with E-state index in [1.807, 2.05) is 45.2 Å². The average Bonchev–Trinajstić information content (AvgIpc) is 3.87. The zero-order valence-electron chi connectivity index (χ0n) is 38.0. The van der Waals surface area contributed by atoms with Gasteiger partial charge < -0.3 is 34.3 Å². The number of aromatic nitrogens is 2. The van der Waals surface area contributed by atoms with E-state index >= 15 is 0 Å². The zero-order chi connectivity index (χ0) is 46.0. The maximum Gasteiger partial charge on any atom is 0.324 e. The summed E-state index contributed by atoms with van der Waals surface area (Å²) in [6.07, 6.45) is 4.91. The van der Waals surface area contributed by atoms with Crippen LogP contribution in [0.1, 0.15) is 63.8 Å². The molecule has 15 heteroatoms. The van der Waals surface area contributed by atoms with Gasteiger partial charge in [0.1, 0.15) is 23.9 Å². The van der Waals surface area contributed by atoms with Crippen LogP contribution in [0.2, 0.25) is 0 Å². The highest BCUT2D eigenvalue weighted by molar-refractivity contribution is 5.96. The molecule has 64 heavy (non-hydrogen) atoms. The predicted octanol–water partition coefficient (Wildman–Crippen LogP) is 4.93. The minimum Gasteiger partial charge on any atom is -0.508 e. The van der Waals surface area contributed by atoms with Gasteiger partial charge in [-0.1, -0.05) is 46.4 Å². The first-order valence-electron chi connectivity index (χ1n) is 22.1. The highest BCUT2D eigenvalue weighted by atomic mass is 16.5. The summed E-state index contributed by atoms with van der Waals surface area (Å²) >= 11 is 0. The molecule has 3 aliphatic rings. The molecule has 4 atom stereocenters. The Morgan fingerprint density at radius 2 is 1.89 bits per heavy atom. The molecule has 0 aliphatic carbocycles. The van der Waals surface area contributed by atoms with Crippen LogP contribution >= 0.6 is 0 Å². The number of aryl methyl sites for hydroxylation is 1. The topological polar surface area (TPSA) is 176 Å². The number of phenols is 1. The number of benzene rings is 2. The first kappa shape index (κ1) is 45.9. The van der Waals surface area contributed by atoms with E-state index in [1.54, 1.807) is 37.4 Å². The van der Waals surface area contributed by atoms with Gasteiger partial charge in [0.25, 0.3) is 5.91 Å². The van der Waals surface area contributed by atoms with Crippen LogP contribution in [-0.2, 0) is 59.9 Å². The van der Waals surface area contributed by atoms with Gasteiger partial charge in [0.05, 0.1) is 30.5 Å². The monoisotopic (exact) mass is 875 g/mol. The van der Waals surface area contributed by atoms with Crippen molar-refractivity contribution in [2.24, 2.45) is 24.3 Å². The molecule has 2 aromatic heterocycles. The number of carbonyl (C=O) groups is 5. The van der Waals surface area contributed by atoms with Gasteiger partial charge in [0.2, 0.25) is 17.7 Å². The Morgan fingerprint density at radius 1 is 1.11 bits per heavy atom. The molecule has 6 bridgehead atoms. The average molecular weight is 876 g/mol. The first-order chi connectivity index (χ1) is 30.5. The number of amides is 4. The number of hydrazine groups is 1. The number of likely N-dealkylation sites (N-methyl/N-ethyl adjacent to an activating group) is 1. The van der Waals surface area contributed by atoms with Crippen molar-refractivity contribution >= 4 is 40.5 Å². The summed E-state index contributed by atoms with van der Waals surface area (Å²) in [6.45, 7) is 12.7. The smallest absolute Gasteiger partial charge is 0.324 e. The number of nitrogens with one attached hydrogen (secondary N) is 2. The van der Waals surface area contributed by atoms with Crippen LogP contribution in [0.5, 0.6) is 5.75 Å². The number of carbonyl (C=O) groups excluding carboxylic acids is 5. The number of fused-ring (bicyclic) bond motifs is 6. The van der Waals surface area contributed by atoms with Gasteiger partial charge in [-0.2, -0.15) is 0 Å². The molecule has 0 unspecified atom stereocenters. The van der Waals surface area contributed by atoms with E-state index in [0.29, 0.717) is 50.0 Å². The normalized spacial score (nSPS) is 20.7. The van der Waals surface area contributed by atoms with Gasteiger partial charge >= 0.3 is 5.97 Å². The fraction of sp³-hybridized carbons (Fsp3) is 0.469. The second-order valence-electron chi connectivity index (χ2n) is 18.6. The van der Waals surface area contributed by atoms with Crippen molar-refractivity contribution in [2.45, 2.75) is 84.5 Å². The number of ether oxygens (including phenoxy) is 2. The summed E-state index contributed by atoms with van der Waals surface area (Å²) in [5, 5.41) is 16.6. The molecule has 3 N–H and O–H groups in total. The molecule has 15 nitrogen and oxygen atoms in total. The molecule has 3 aliphatic heterocycles. The lowest BCUT2D eigenvalue weighted by Crippen LogP contribution is -2.62. The summed E-state index contributed by atoms with van der Waals surface area (Å²) < 4.78 is 13.8. The van der Waals surface area contributed by atoms with E-state index in [9.17, 15) is 29.1 Å². The van der Waals surface area contributed by atoms with Gasteiger partial charge in [0, 0.05) is 75.3 Å². The summed E-state index contributed by atoms with van der Waals surface area (Å²) in [5.41, 5.74) is 9.40. The maximum atomic E-state index is 14.7. The molecule has 0 radical (unpaired) electrons. The first-order valence-corrected chi connectivity index (χ1v) is 22.1. The lowest BCUT2D eigenvalue weighted by atomic mass is 9.84. The number of hydrogen-bond donors (Lipinski definition) is 3. The quantitative estimate of drug-likeness (QED) is 0.155. The van der Waals surface area contributed by atoms with Crippen LogP contribution in [0.3, 0.4) is 0 Å². The fourth-order valence-electron chi connectivity index (χ4n) is 9.62. The standard InChI is InChI=1S/C49H61N7O8/c1-9-42(58)55-19-16-32(26-55)46(60)54(7)43(29(2)3)45(59)51-39-22-30-20-33(23-34(57)21-30)31-14-15-41-36(24-31)37(44(53(41)6)35-12-10-17-50-40(35)27-63-8)25-49(4,5)28-64-48(62)38-13-11-18-56(52-38)47(39)61/h9-10,12,14-15,17,20-21,23-24,29,32,38-39,43,52,57H,1,11,13,16,18-19,22,25-28H2,2-8H3,(H,51,59)/t32-,38-,39-,43-/m0/s1. The molecule has 340 valence electrons. The largest absolute Gasteiger partial charge is 0.508 e. The Hall–Kier alpha value is -6.06. The molecule has 2 fully saturated rings. The van der Waals surface area contributed by atoms with E-state index in [-0.39, 0.29) is 49.6 Å². The van der Waals surface area contributed by atoms with Crippen molar-refractivity contribution in [1.82, 2.24) is 35.1 Å². The summed E-state index contributed by atoms with van der Waals surface area (Å²) in [4.78, 5) is 76.8. The molecule has 4 aromatic rings. The molecule has 0 saturated carbocycles. The molecular weight excluding hydrogens is 815 g/mol. The number of esters is 1. The Kier molecular flexibility index (Phi) is 13.6. The number of hydrogen-bond acceptors (Lipinski definition) is 10. The van der Waals surface area contributed by atoms with Crippen molar-refractivity contribution in [3.8, 4) is 28.1 Å². The highest BCUT2D eigenvalue weighted by Crippen LogP contribution is 2.41. The van der Waals surface area contributed by atoms with Crippen molar-refractivity contribution in [1.29, 1.82) is 0 Å². The number of cyclic esters (lactones) is 1. The molecule has 2 saturated heterocycles. The summed E-state index contributed by atoms with van der Waals surface area (Å²) in [6, 6.07) is 12.4. The van der Waals surface area contributed by atoms with Crippen LogP contribution in [0, 0.1) is 17.3 Å². The zero-order valence-corrected chi connectivity index (χ0v) is 38.0. The Bertz CT molecular complexity index is 2460. The Balaban J connectivity index is 1.29. The Labute approximate surface area is 374 Å². The summed E-state index contributed by atoms with van der Waals surface area (Å²) in [7, 11) is 5.25. The lowest BCUT2D eigenvalue weighted by molar-refractivity contribution is -0.155. The fourth-order valence-corrected chi connectivity index (χ4v) is 9.62. The summed E-state index contributed by atoms with van der Waals surface area (Å²) in [5.74, 6) is -2.87. The van der Waals surface area contributed by atoms with Gasteiger partial charge in [-0.05, 0) is 96.3 Å². The van der Waals surface area contributed by atoms with Crippen LogP contribution in [0.15, 0.2) is 67.4 Å². The SMILES string of the molecule is C=CC(=O)N1CC[C@H](C(=O)N(C)[C@H](C(=O)N[C@H]2Cc3cc(O)cc(c3)-c3ccc4c(c3)c(c(-c3cccnc3COC)n4C)CC(C)(C)COC(=O)[C@@H]3CCCN(N3)C2=O)C(C)C)C1. The molecule has 7 rings (SSSR count). The van der Waals surface area contributed by atoms with Gasteiger partial charge in [-0.3, -0.25) is 34.0 Å². The number of nitrogens with zero attached hydrogens (tertiary/aromatic N) is 5. The van der Waals surface area contributed by atoms with Gasteiger partial charge in [-0.15, -0.1) is 0 Å². The second-order valence-corrected chi connectivity index (χ2v) is 18.6. The molecule has 2 aromatic carbocycles. The van der Waals surface area contributed by atoms with Gasteiger partial charge in [-0.25, -0.2) is 5.43 Å². The number of phenolic OH excluding ortho intramolecular Hbond substituents is 1. The predicted molar refractivity (Wildman–Crippen MR) is 242 cm³/mol. The minimum atomic E-state index is -1.16. The van der Waals surface area contributed by atoms with Crippen molar-refractivity contribution in [3.05, 3.63) is 84.2 Å². The van der Waals surface area contributed by atoms with E-state index in [0.717, 1.165) is 39.0 Å². The molecule has 4 amide bonds. The number of rotatable bonds is 9. The number of pyridine rings is 1. The second kappa shape index (κ2) is 19.0. The van der Waals surface area contributed by atoms with E-state index in [4.69, 9.17) is 9.47 Å². The van der Waals surface area contributed by atoms with Gasteiger partial charge in [0.15, 0.2) is 0 Å². The number of likely N-dealkylation sites (tertiary alicyclic amines) is 1. The third-order valence-corrected chi connectivity index (χ3v) is 12.8. The minimum absolute atomic E-state index is 0.0105. The number of methoxy groups -OCH3 is 1. The molecular formula is C49H61N7O8. The van der Waals surface area contributed by atoms with Crippen LogP contribution in [0.25, 0.3) is 33.3 Å². The third-order valence-electron chi connectivity index (χ3n) is 12.8. The van der Waals surface area contributed by atoms with Crippen molar-refractivity contribution in [2.75, 3.05) is 40.4 Å². The molecule has 0 spiro atoms. The van der Waals surface area contributed by atoms with Crippen molar-refractivity contribution in [3.63, 3.8) is 0 Å². The maximum absolute atomic E-state index is 14.7. The van der Waals surface area contributed by atoms with E-state index in [1.165, 1.54) is 16.0 Å². The highest BCUT2D eigenvalue weighted by Gasteiger charge is 2.40. The van der Waals surface area contributed by atoms with Crippen molar-refractivity contribution < 1.29 is 38.6 Å². The Morgan fingerprint density at radius 3 is 2.62 bits per heavy atom.